The van der Waals surface area contributed by atoms with Crippen molar-refractivity contribution >= 4 is 11.6 Å². The number of hydrogen-bond acceptors (Lipinski definition) is 1. The van der Waals surface area contributed by atoms with E-state index in [-0.39, 0.29) is 0 Å². The van der Waals surface area contributed by atoms with Crippen LogP contribution in [0.2, 0.25) is 0 Å². The van der Waals surface area contributed by atoms with E-state index in [1.54, 1.807) is 0 Å². The summed E-state index contributed by atoms with van der Waals surface area (Å²) >= 11 is 5.94. The average Bonchev–Trinajstić information content (AvgIpc) is 2.15. The quantitative estimate of drug-likeness (QED) is 0.620. The number of hydrogen-bond donors (Lipinski definition) is 0. The summed E-state index contributed by atoms with van der Waals surface area (Å²) in [5.41, 5.74) is 0. The van der Waals surface area contributed by atoms with Gasteiger partial charge in [0, 0.05) is 19.1 Å². The summed E-state index contributed by atoms with van der Waals surface area (Å²) in [4.78, 5) is 0. The molecule has 0 aromatic carbocycles. The van der Waals surface area contributed by atoms with Gasteiger partial charge in [0.2, 0.25) is 0 Å². The molecule has 0 spiro atoms. The van der Waals surface area contributed by atoms with Crippen LogP contribution in [0.15, 0.2) is 0 Å². The number of rotatable bonds is 4. The maximum Gasteiger partial charge on any atom is 0.0468 e. The second kappa shape index (κ2) is 5.82. The summed E-state index contributed by atoms with van der Waals surface area (Å²) < 4.78 is 5.33. The minimum Gasteiger partial charge on any atom is -0.381 e. The zero-order valence-electron chi connectivity index (χ0n) is 7.89. The molecule has 1 saturated heterocycles. The standard InChI is InChI=1S/C10H19ClO/c1-2-3-10(8-11)9-4-6-12-7-5-9/h9-10H,2-8H2,1H3. The molecule has 1 unspecified atom stereocenters. The fraction of sp³-hybridized carbons (Fsp3) is 1.00. The highest BCUT2D eigenvalue weighted by atomic mass is 35.5. The predicted molar refractivity (Wildman–Crippen MR) is 52.7 cm³/mol. The third-order valence-electron chi connectivity index (χ3n) is 2.79. The van der Waals surface area contributed by atoms with Crippen molar-refractivity contribution in [2.45, 2.75) is 32.6 Å². The molecule has 0 radical (unpaired) electrons. The molecule has 0 aliphatic carbocycles. The number of halogens is 1. The van der Waals surface area contributed by atoms with Crippen molar-refractivity contribution in [1.29, 1.82) is 0 Å². The first-order chi connectivity index (χ1) is 5.88. The van der Waals surface area contributed by atoms with Crippen molar-refractivity contribution in [2.75, 3.05) is 19.1 Å². The molecule has 1 nitrogen and oxygen atoms in total. The Bertz CT molecular complexity index is 108. The summed E-state index contributed by atoms with van der Waals surface area (Å²) in [5, 5.41) is 0. The predicted octanol–water partition coefficient (Wildman–Crippen LogP) is 3.07. The van der Waals surface area contributed by atoms with Gasteiger partial charge < -0.3 is 4.74 Å². The lowest BCUT2D eigenvalue weighted by Gasteiger charge is -2.28. The van der Waals surface area contributed by atoms with Gasteiger partial charge in [-0.15, -0.1) is 11.6 Å². The van der Waals surface area contributed by atoms with E-state index in [9.17, 15) is 0 Å². The van der Waals surface area contributed by atoms with Crippen molar-refractivity contribution in [1.82, 2.24) is 0 Å². The first kappa shape index (κ1) is 10.3. The normalized spacial score (nSPS) is 22.5. The molecule has 0 N–H and O–H groups in total. The summed E-state index contributed by atoms with van der Waals surface area (Å²) in [7, 11) is 0. The highest BCUT2D eigenvalue weighted by Gasteiger charge is 2.22. The van der Waals surface area contributed by atoms with E-state index in [0.717, 1.165) is 30.9 Å². The van der Waals surface area contributed by atoms with Gasteiger partial charge in [-0.25, -0.2) is 0 Å². The van der Waals surface area contributed by atoms with E-state index in [4.69, 9.17) is 16.3 Å². The van der Waals surface area contributed by atoms with Crippen LogP contribution in [0.25, 0.3) is 0 Å². The highest BCUT2D eigenvalue weighted by molar-refractivity contribution is 6.18. The smallest absolute Gasteiger partial charge is 0.0468 e. The molecule has 72 valence electrons. The van der Waals surface area contributed by atoms with Crippen LogP contribution >= 0.6 is 11.6 Å². The van der Waals surface area contributed by atoms with Gasteiger partial charge in [0.05, 0.1) is 0 Å². The van der Waals surface area contributed by atoms with Crippen LogP contribution in [0.4, 0.5) is 0 Å². The third-order valence-corrected chi connectivity index (χ3v) is 3.19. The van der Waals surface area contributed by atoms with Gasteiger partial charge in [-0.1, -0.05) is 13.3 Å². The topological polar surface area (TPSA) is 9.23 Å². The van der Waals surface area contributed by atoms with Crippen LogP contribution in [0, 0.1) is 11.8 Å². The van der Waals surface area contributed by atoms with E-state index in [1.807, 2.05) is 0 Å². The van der Waals surface area contributed by atoms with E-state index >= 15 is 0 Å². The lowest BCUT2D eigenvalue weighted by atomic mass is 9.84. The van der Waals surface area contributed by atoms with Crippen LogP contribution in [0.3, 0.4) is 0 Å². The summed E-state index contributed by atoms with van der Waals surface area (Å²) in [6.07, 6.45) is 4.98. The van der Waals surface area contributed by atoms with Gasteiger partial charge in [-0.2, -0.15) is 0 Å². The van der Waals surface area contributed by atoms with Crippen LogP contribution in [0.5, 0.6) is 0 Å². The fourth-order valence-electron chi connectivity index (χ4n) is 2.00. The van der Waals surface area contributed by atoms with Crippen molar-refractivity contribution < 1.29 is 4.74 Å². The Morgan fingerprint density at radius 2 is 2.08 bits per heavy atom. The molecule has 2 heteroatoms. The second-order valence-electron chi connectivity index (χ2n) is 3.65. The van der Waals surface area contributed by atoms with Crippen molar-refractivity contribution in [3.63, 3.8) is 0 Å². The minimum absolute atomic E-state index is 0.737. The van der Waals surface area contributed by atoms with Gasteiger partial charge in [0.25, 0.3) is 0 Å². The highest BCUT2D eigenvalue weighted by Crippen LogP contribution is 2.27. The SMILES string of the molecule is CCCC(CCl)C1CCOCC1. The molecular weight excluding hydrogens is 172 g/mol. The Hall–Kier alpha value is 0.250. The Kier molecular flexibility index (Phi) is 5.01. The molecule has 12 heavy (non-hydrogen) atoms. The molecule has 0 amide bonds. The van der Waals surface area contributed by atoms with E-state index in [1.165, 1.54) is 25.7 Å². The molecule has 1 aliphatic rings. The van der Waals surface area contributed by atoms with E-state index in [0.29, 0.717) is 0 Å². The first-order valence-electron chi connectivity index (χ1n) is 5.02. The molecule has 1 heterocycles. The molecule has 0 aromatic heterocycles. The van der Waals surface area contributed by atoms with Gasteiger partial charge in [0.1, 0.15) is 0 Å². The Morgan fingerprint density at radius 3 is 2.58 bits per heavy atom. The Labute approximate surface area is 80.4 Å². The molecule has 1 atom stereocenters. The largest absolute Gasteiger partial charge is 0.381 e. The molecule has 1 aliphatic heterocycles. The van der Waals surface area contributed by atoms with Crippen LogP contribution < -0.4 is 0 Å². The minimum atomic E-state index is 0.737. The summed E-state index contributed by atoms with van der Waals surface area (Å²) in [6, 6.07) is 0. The van der Waals surface area contributed by atoms with Crippen molar-refractivity contribution in [2.24, 2.45) is 11.8 Å². The molecule has 1 fully saturated rings. The van der Waals surface area contributed by atoms with Crippen LogP contribution in [0.1, 0.15) is 32.6 Å². The summed E-state index contributed by atoms with van der Waals surface area (Å²) in [5.74, 6) is 2.40. The molecule has 0 aromatic rings. The van der Waals surface area contributed by atoms with Gasteiger partial charge in [-0.3, -0.25) is 0 Å². The van der Waals surface area contributed by atoms with Gasteiger partial charge in [0.15, 0.2) is 0 Å². The Balaban J connectivity index is 2.29. The lowest BCUT2D eigenvalue weighted by Crippen LogP contribution is -2.24. The zero-order chi connectivity index (χ0) is 8.81. The zero-order valence-corrected chi connectivity index (χ0v) is 8.65. The maximum atomic E-state index is 5.94. The second-order valence-corrected chi connectivity index (χ2v) is 3.96. The van der Waals surface area contributed by atoms with Crippen molar-refractivity contribution in [3.05, 3.63) is 0 Å². The Morgan fingerprint density at radius 1 is 1.42 bits per heavy atom. The monoisotopic (exact) mass is 190 g/mol. The number of alkyl halides is 1. The molecule has 0 saturated carbocycles. The van der Waals surface area contributed by atoms with E-state index in [2.05, 4.69) is 6.92 Å². The van der Waals surface area contributed by atoms with Gasteiger partial charge in [-0.05, 0) is 31.1 Å². The van der Waals surface area contributed by atoms with E-state index < -0.39 is 0 Å². The lowest BCUT2D eigenvalue weighted by molar-refractivity contribution is 0.0486. The third kappa shape index (κ3) is 2.95. The van der Waals surface area contributed by atoms with Crippen molar-refractivity contribution in [3.8, 4) is 0 Å². The fourth-order valence-corrected chi connectivity index (χ4v) is 2.40. The molecule has 0 bridgehead atoms. The van der Waals surface area contributed by atoms with Gasteiger partial charge >= 0.3 is 0 Å². The molecular formula is C10H19ClO. The average molecular weight is 191 g/mol. The first-order valence-corrected chi connectivity index (χ1v) is 5.55. The summed E-state index contributed by atoms with van der Waals surface area (Å²) in [6.45, 7) is 4.13. The van der Waals surface area contributed by atoms with Crippen LogP contribution in [-0.2, 0) is 4.74 Å². The van der Waals surface area contributed by atoms with Crippen LogP contribution in [-0.4, -0.2) is 19.1 Å². The number of ether oxygens (including phenoxy) is 1. The molecule has 1 rings (SSSR count). The maximum absolute atomic E-state index is 5.94.